The van der Waals surface area contributed by atoms with Crippen LogP contribution in [0.15, 0.2) is 30.3 Å². The molecule has 0 unspecified atom stereocenters. The molecule has 0 aliphatic heterocycles. The molecule has 0 spiro atoms. The third kappa shape index (κ3) is 18.2. The Balaban J connectivity index is 0.000000567. The van der Waals surface area contributed by atoms with Crippen LogP contribution in [-0.4, -0.2) is 30.6 Å². The van der Waals surface area contributed by atoms with Crippen LogP contribution in [0.2, 0.25) is 0 Å². The summed E-state index contributed by atoms with van der Waals surface area (Å²) < 4.78 is 35.8. The van der Waals surface area contributed by atoms with Gasteiger partial charge < -0.3 is 4.55 Å². The van der Waals surface area contributed by atoms with E-state index in [1.54, 1.807) is 0 Å². The summed E-state index contributed by atoms with van der Waals surface area (Å²) in [6.07, 6.45) is 6.20. The van der Waals surface area contributed by atoms with Crippen molar-refractivity contribution in [2.75, 3.05) is 11.5 Å². The molecule has 0 bridgehead atoms. The number of benzene rings is 1. The first-order chi connectivity index (χ1) is 14.1. The van der Waals surface area contributed by atoms with E-state index < -0.39 is 16.5 Å². The second kappa shape index (κ2) is 17.0. The average Bonchev–Trinajstić information content (AvgIpc) is 2.62. The van der Waals surface area contributed by atoms with Crippen molar-refractivity contribution in [2.24, 2.45) is 11.8 Å². The summed E-state index contributed by atoms with van der Waals surface area (Å²) in [5.74, 6) is 4.82. The van der Waals surface area contributed by atoms with Gasteiger partial charge in [0, 0.05) is 5.56 Å². The van der Waals surface area contributed by atoms with E-state index in [4.69, 9.17) is 0 Å². The predicted octanol–water partition coefficient (Wildman–Crippen LogP) is 6.33. The second-order valence-corrected chi connectivity index (χ2v) is 12.1. The van der Waals surface area contributed by atoms with Gasteiger partial charge in [0.25, 0.3) is 0 Å². The Morgan fingerprint density at radius 2 is 1.37 bits per heavy atom. The van der Waals surface area contributed by atoms with Crippen molar-refractivity contribution in [2.45, 2.75) is 91.9 Å². The standard InChI is InChI=1S/C15H25S.C9H20O4S/c1-3-5-12-16(13-6-4-2)14-15-10-8-7-9-11-15;1-7(2)5-9(6-8(3)4)13-14(10,11)12/h7-11H,3-6,12-14H2,1-2H3;7-9H,5-6H2,1-4H3,(H,10,11,12)/q+1;/p-1. The lowest BCUT2D eigenvalue weighted by Crippen LogP contribution is -2.21. The number of hydrogen-bond donors (Lipinski definition) is 0. The minimum atomic E-state index is -4.56. The zero-order valence-corrected chi connectivity index (χ0v) is 21.6. The Bertz CT molecular complexity index is 597. The molecule has 0 amide bonds. The summed E-state index contributed by atoms with van der Waals surface area (Å²) in [5.41, 5.74) is 1.53. The Labute approximate surface area is 189 Å². The third-order valence-electron chi connectivity index (χ3n) is 4.51. The summed E-state index contributed by atoms with van der Waals surface area (Å²) in [4.78, 5) is 0. The molecule has 0 fully saturated rings. The molecule has 0 aliphatic rings. The summed E-state index contributed by atoms with van der Waals surface area (Å²) in [5, 5.41) is 0. The molecule has 0 N–H and O–H groups in total. The molecule has 0 radical (unpaired) electrons. The molecule has 4 nitrogen and oxygen atoms in total. The zero-order valence-electron chi connectivity index (χ0n) is 19.9. The van der Waals surface area contributed by atoms with Gasteiger partial charge in [0.2, 0.25) is 10.4 Å². The fourth-order valence-electron chi connectivity index (χ4n) is 3.15. The highest BCUT2D eigenvalue weighted by Crippen LogP contribution is 2.18. The fraction of sp³-hybridized carbons (Fsp3) is 0.750. The summed E-state index contributed by atoms with van der Waals surface area (Å²) >= 11 is 0. The van der Waals surface area contributed by atoms with Crippen molar-refractivity contribution < 1.29 is 17.2 Å². The van der Waals surface area contributed by atoms with Crippen LogP contribution in [0.25, 0.3) is 0 Å². The van der Waals surface area contributed by atoms with Gasteiger partial charge in [0.1, 0.15) is 17.3 Å². The smallest absolute Gasteiger partial charge is 0.217 e. The molecular weight excluding hydrogens is 416 g/mol. The molecule has 1 aromatic rings. The maximum atomic E-state index is 10.4. The fourth-order valence-corrected chi connectivity index (χ4v) is 6.19. The van der Waals surface area contributed by atoms with Crippen LogP contribution in [0.1, 0.15) is 85.6 Å². The third-order valence-corrected chi connectivity index (χ3v) is 7.49. The lowest BCUT2D eigenvalue weighted by molar-refractivity contribution is 0.135. The quantitative estimate of drug-likeness (QED) is 0.185. The predicted molar refractivity (Wildman–Crippen MR) is 131 cm³/mol. The lowest BCUT2D eigenvalue weighted by Gasteiger charge is -2.22. The molecule has 1 rings (SSSR count). The Morgan fingerprint density at radius 1 is 0.900 bits per heavy atom. The van der Waals surface area contributed by atoms with E-state index in [1.165, 1.54) is 48.5 Å². The second-order valence-electron chi connectivity index (χ2n) is 8.74. The monoisotopic (exact) mass is 460 g/mol. The molecule has 0 saturated carbocycles. The van der Waals surface area contributed by atoms with Gasteiger partial charge in [-0.1, -0.05) is 84.7 Å². The number of hydrogen-bond acceptors (Lipinski definition) is 4. The molecule has 6 heteroatoms. The van der Waals surface area contributed by atoms with Crippen molar-refractivity contribution in [1.29, 1.82) is 0 Å². The number of rotatable bonds is 14. The Morgan fingerprint density at radius 3 is 1.73 bits per heavy atom. The van der Waals surface area contributed by atoms with Gasteiger partial charge in [-0.2, -0.15) is 0 Å². The van der Waals surface area contributed by atoms with E-state index in [2.05, 4.69) is 48.4 Å². The van der Waals surface area contributed by atoms with Crippen LogP contribution in [0.5, 0.6) is 0 Å². The van der Waals surface area contributed by atoms with Crippen LogP contribution in [-0.2, 0) is 31.2 Å². The summed E-state index contributed by atoms with van der Waals surface area (Å²) in [6.45, 7) is 12.5. The van der Waals surface area contributed by atoms with Crippen LogP contribution in [0, 0.1) is 11.8 Å². The van der Waals surface area contributed by atoms with Gasteiger partial charge >= 0.3 is 0 Å². The van der Waals surface area contributed by atoms with Gasteiger partial charge in [-0.25, -0.2) is 8.42 Å². The van der Waals surface area contributed by atoms with Crippen molar-refractivity contribution in [3.63, 3.8) is 0 Å². The molecule has 1 aromatic carbocycles. The van der Waals surface area contributed by atoms with E-state index in [9.17, 15) is 13.0 Å². The highest BCUT2D eigenvalue weighted by atomic mass is 32.3. The number of unbranched alkanes of at least 4 members (excludes halogenated alkanes) is 2. The lowest BCUT2D eigenvalue weighted by atomic mass is 9.98. The first kappa shape index (κ1) is 29.4. The van der Waals surface area contributed by atoms with Crippen LogP contribution >= 0.6 is 0 Å². The Kier molecular flexibility index (Phi) is 16.7. The zero-order chi connectivity index (χ0) is 23.0. The van der Waals surface area contributed by atoms with Crippen LogP contribution in [0.4, 0.5) is 0 Å². The maximum Gasteiger partial charge on any atom is 0.217 e. The molecule has 0 atom stereocenters. The minimum Gasteiger partial charge on any atom is -0.726 e. The first-order valence-corrected chi connectivity index (χ1v) is 14.5. The first-order valence-electron chi connectivity index (χ1n) is 11.4. The van der Waals surface area contributed by atoms with E-state index in [-0.39, 0.29) is 0 Å². The molecule has 30 heavy (non-hydrogen) atoms. The van der Waals surface area contributed by atoms with Crippen LogP contribution in [0.3, 0.4) is 0 Å². The highest BCUT2D eigenvalue weighted by Gasteiger charge is 2.17. The highest BCUT2D eigenvalue weighted by molar-refractivity contribution is 7.96. The normalized spacial score (nSPS) is 12.0. The van der Waals surface area contributed by atoms with Crippen molar-refractivity contribution >= 4 is 21.3 Å². The summed E-state index contributed by atoms with van der Waals surface area (Å²) in [7, 11) is -3.94. The Hall–Kier alpha value is -0.560. The molecule has 0 heterocycles. The molecular formula is C24H44O4S2. The molecule has 0 saturated heterocycles. The van der Waals surface area contributed by atoms with Gasteiger partial charge in [0.05, 0.1) is 6.10 Å². The van der Waals surface area contributed by atoms with Crippen molar-refractivity contribution in [3.05, 3.63) is 35.9 Å². The van der Waals surface area contributed by atoms with E-state index in [1.807, 2.05) is 27.7 Å². The maximum absolute atomic E-state index is 10.4. The van der Waals surface area contributed by atoms with Crippen molar-refractivity contribution in [3.8, 4) is 0 Å². The van der Waals surface area contributed by atoms with E-state index in [0.717, 1.165) is 0 Å². The largest absolute Gasteiger partial charge is 0.726 e. The van der Waals surface area contributed by atoms with Gasteiger partial charge in [0.15, 0.2) is 0 Å². The van der Waals surface area contributed by atoms with Crippen molar-refractivity contribution in [1.82, 2.24) is 0 Å². The minimum absolute atomic E-state index is 0.320. The summed E-state index contributed by atoms with van der Waals surface area (Å²) in [6, 6.07) is 11.0. The van der Waals surface area contributed by atoms with E-state index in [0.29, 0.717) is 35.6 Å². The molecule has 0 aromatic heterocycles. The topological polar surface area (TPSA) is 66.4 Å². The van der Waals surface area contributed by atoms with Gasteiger partial charge in [-0.15, -0.1) is 0 Å². The molecule has 0 aliphatic carbocycles. The van der Waals surface area contributed by atoms with Crippen LogP contribution < -0.4 is 0 Å². The van der Waals surface area contributed by atoms with E-state index >= 15 is 0 Å². The average molecular weight is 461 g/mol. The van der Waals surface area contributed by atoms with Gasteiger partial charge in [-0.05, 0) is 48.4 Å². The molecule has 176 valence electrons. The van der Waals surface area contributed by atoms with Gasteiger partial charge in [-0.3, -0.25) is 4.18 Å². The SMILES string of the molecule is CC(C)CC(CC(C)C)OS(=O)(=O)[O-].CCCC[S+](CCCC)Cc1ccccc1.